The summed E-state index contributed by atoms with van der Waals surface area (Å²) in [5.41, 5.74) is 0.0531. The Morgan fingerprint density at radius 3 is 2.71 bits per heavy atom. The molecule has 4 nitrogen and oxygen atoms in total. The van der Waals surface area contributed by atoms with Crippen molar-refractivity contribution in [3.8, 4) is 0 Å². The molecule has 98 valence electrons. The highest BCUT2D eigenvalue weighted by molar-refractivity contribution is 9.10. The van der Waals surface area contributed by atoms with Crippen LogP contribution < -0.4 is 0 Å². The van der Waals surface area contributed by atoms with E-state index in [1.807, 2.05) is 25.7 Å². The Labute approximate surface area is 112 Å². The molecule has 0 radical (unpaired) electrons. The van der Waals surface area contributed by atoms with Gasteiger partial charge in [-0.1, -0.05) is 13.3 Å². The molecule has 0 amide bonds. The lowest BCUT2D eigenvalue weighted by atomic mass is 9.96. The standard InChI is InChI=1S/C12H22BrN3O/c1-5-6-12(2,17)11-10(13)9-14-16(11)8-7-15(3)4/h9,17H,5-8H2,1-4H3. The monoisotopic (exact) mass is 303 g/mol. The number of nitrogens with zero attached hydrogens (tertiary/aromatic N) is 3. The quantitative estimate of drug-likeness (QED) is 0.876. The molecule has 0 aliphatic carbocycles. The van der Waals surface area contributed by atoms with Crippen LogP contribution in [0.5, 0.6) is 0 Å². The van der Waals surface area contributed by atoms with Crippen LogP contribution in [0.3, 0.4) is 0 Å². The molecule has 0 spiro atoms. The Morgan fingerprint density at radius 2 is 2.18 bits per heavy atom. The third-order valence-electron chi connectivity index (χ3n) is 2.80. The van der Waals surface area contributed by atoms with Crippen LogP contribution >= 0.6 is 15.9 Å². The summed E-state index contributed by atoms with van der Waals surface area (Å²) in [6.45, 7) is 5.62. The van der Waals surface area contributed by atoms with Crippen molar-refractivity contribution in [2.24, 2.45) is 0 Å². The van der Waals surface area contributed by atoms with Gasteiger partial charge in [-0.3, -0.25) is 4.68 Å². The van der Waals surface area contributed by atoms with Gasteiger partial charge in [-0.05, 0) is 43.4 Å². The molecule has 1 aromatic heterocycles. The van der Waals surface area contributed by atoms with Gasteiger partial charge in [0.15, 0.2) is 0 Å². The summed E-state index contributed by atoms with van der Waals surface area (Å²) in [6.07, 6.45) is 3.44. The fourth-order valence-corrected chi connectivity index (χ4v) is 2.69. The third kappa shape index (κ3) is 3.79. The molecule has 0 aliphatic heterocycles. The van der Waals surface area contributed by atoms with E-state index in [0.29, 0.717) is 0 Å². The SMILES string of the molecule is CCCC(C)(O)c1c(Br)cnn1CCN(C)C. The second kappa shape index (κ2) is 5.98. The summed E-state index contributed by atoms with van der Waals surface area (Å²) in [5.74, 6) is 0. The second-order valence-electron chi connectivity index (χ2n) is 4.89. The van der Waals surface area contributed by atoms with Crippen LogP contribution in [0.4, 0.5) is 0 Å². The largest absolute Gasteiger partial charge is 0.384 e. The number of hydrogen-bond acceptors (Lipinski definition) is 3. The van der Waals surface area contributed by atoms with E-state index in [4.69, 9.17) is 0 Å². The molecular weight excluding hydrogens is 282 g/mol. The summed E-state index contributed by atoms with van der Waals surface area (Å²) in [4.78, 5) is 2.11. The van der Waals surface area contributed by atoms with Gasteiger partial charge in [0.1, 0.15) is 5.60 Å². The van der Waals surface area contributed by atoms with Gasteiger partial charge in [-0.2, -0.15) is 5.10 Å². The number of likely N-dealkylation sites (N-methyl/N-ethyl adjacent to an activating group) is 1. The summed E-state index contributed by atoms with van der Waals surface area (Å²) in [7, 11) is 4.06. The lowest BCUT2D eigenvalue weighted by Crippen LogP contribution is -2.28. The van der Waals surface area contributed by atoms with Crippen molar-refractivity contribution in [2.75, 3.05) is 20.6 Å². The van der Waals surface area contributed by atoms with Crippen molar-refractivity contribution < 1.29 is 5.11 Å². The fraction of sp³-hybridized carbons (Fsp3) is 0.750. The van der Waals surface area contributed by atoms with Gasteiger partial charge in [0.05, 0.1) is 22.9 Å². The zero-order valence-electron chi connectivity index (χ0n) is 11.1. The first kappa shape index (κ1) is 14.7. The molecule has 17 heavy (non-hydrogen) atoms. The molecule has 0 saturated heterocycles. The summed E-state index contributed by atoms with van der Waals surface area (Å²) < 4.78 is 2.77. The molecule has 5 heteroatoms. The van der Waals surface area contributed by atoms with Gasteiger partial charge in [-0.25, -0.2) is 0 Å². The molecule has 1 rings (SSSR count). The van der Waals surface area contributed by atoms with E-state index in [-0.39, 0.29) is 0 Å². The molecule has 1 unspecified atom stereocenters. The Balaban J connectivity index is 2.93. The van der Waals surface area contributed by atoms with Crippen LogP contribution in [0.2, 0.25) is 0 Å². The van der Waals surface area contributed by atoms with Gasteiger partial charge < -0.3 is 10.0 Å². The maximum Gasteiger partial charge on any atom is 0.105 e. The first-order chi connectivity index (χ1) is 7.88. The highest BCUT2D eigenvalue weighted by Crippen LogP contribution is 2.31. The first-order valence-electron chi connectivity index (χ1n) is 5.97. The average molecular weight is 304 g/mol. The number of rotatable bonds is 6. The maximum absolute atomic E-state index is 10.5. The first-order valence-corrected chi connectivity index (χ1v) is 6.76. The van der Waals surface area contributed by atoms with E-state index >= 15 is 0 Å². The van der Waals surface area contributed by atoms with Crippen molar-refractivity contribution in [2.45, 2.75) is 38.8 Å². The minimum atomic E-state index is -0.823. The Bertz CT molecular complexity index is 361. The topological polar surface area (TPSA) is 41.3 Å². The zero-order chi connectivity index (χ0) is 13.1. The van der Waals surface area contributed by atoms with E-state index in [0.717, 1.165) is 36.1 Å². The second-order valence-corrected chi connectivity index (χ2v) is 5.75. The molecule has 0 fully saturated rings. The molecule has 1 heterocycles. The lowest BCUT2D eigenvalue weighted by molar-refractivity contribution is 0.0364. The third-order valence-corrected chi connectivity index (χ3v) is 3.38. The zero-order valence-corrected chi connectivity index (χ0v) is 12.7. The number of aliphatic hydroxyl groups is 1. The molecule has 0 bridgehead atoms. The normalized spacial score (nSPS) is 15.2. The fourth-order valence-electron chi connectivity index (χ4n) is 1.97. The van der Waals surface area contributed by atoms with Crippen molar-refractivity contribution in [1.82, 2.24) is 14.7 Å². The van der Waals surface area contributed by atoms with E-state index in [2.05, 4.69) is 32.9 Å². The summed E-state index contributed by atoms with van der Waals surface area (Å²) >= 11 is 3.47. The Hall–Kier alpha value is -0.390. The van der Waals surface area contributed by atoms with Gasteiger partial charge >= 0.3 is 0 Å². The molecular formula is C12H22BrN3O. The predicted octanol–water partition coefficient (Wildman–Crippen LogP) is 2.21. The minimum absolute atomic E-state index is 0.735. The van der Waals surface area contributed by atoms with Crippen LogP contribution in [-0.2, 0) is 12.1 Å². The van der Waals surface area contributed by atoms with E-state index < -0.39 is 5.60 Å². The average Bonchev–Trinajstić information content (AvgIpc) is 2.57. The Kier molecular flexibility index (Phi) is 5.16. The van der Waals surface area contributed by atoms with Gasteiger partial charge in [0, 0.05) is 6.54 Å². The summed E-state index contributed by atoms with van der Waals surface area (Å²) in [6, 6.07) is 0. The molecule has 0 aliphatic rings. The van der Waals surface area contributed by atoms with Gasteiger partial charge in [0.2, 0.25) is 0 Å². The van der Waals surface area contributed by atoms with Crippen molar-refractivity contribution in [3.63, 3.8) is 0 Å². The summed E-state index contributed by atoms with van der Waals surface area (Å²) in [5, 5.41) is 14.8. The highest BCUT2D eigenvalue weighted by atomic mass is 79.9. The molecule has 0 saturated carbocycles. The van der Waals surface area contributed by atoms with Crippen LogP contribution in [0.15, 0.2) is 10.7 Å². The lowest BCUT2D eigenvalue weighted by Gasteiger charge is -2.25. The highest BCUT2D eigenvalue weighted by Gasteiger charge is 2.29. The van der Waals surface area contributed by atoms with Crippen LogP contribution in [0.1, 0.15) is 32.4 Å². The van der Waals surface area contributed by atoms with Gasteiger partial charge in [-0.15, -0.1) is 0 Å². The van der Waals surface area contributed by atoms with Crippen LogP contribution in [0.25, 0.3) is 0 Å². The molecule has 1 aromatic rings. The smallest absolute Gasteiger partial charge is 0.105 e. The predicted molar refractivity (Wildman–Crippen MR) is 73.0 cm³/mol. The van der Waals surface area contributed by atoms with E-state index in [1.54, 1.807) is 6.20 Å². The van der Waals surface area contributed by atoms with Crippen molar-refractivity contribution >= 4 is 15.9 Å². The van der Waals surface area contributed by atoms with Crippen molar-refractivity contribution in [3.05, 3.63) is 16.4 Å². The van der Waals surface area contributed by atoms with E-state index in [1.165, 1.54) is 0 Å². The molecule has 1 atom stereocenters. The molecule has 0 aromatic carbocycles. The van der Waals surface area contributed by atoms with Gasteiger partial charge in [0.25, 0.3) is 0 Å². The maximum atomic E-state index is 10.5. The van der Waals surface area contributed by atoms with Crippen LogP contribution in [-0.4, -0.2) is 40.4 Å². The number of hydrogen-bond donors (Lipinski definition) is 1. The Morgan fingerprint density at radius 1 is 1.53 bits per heavy atom. The number of halogens is 1. The number of aromatic nitrogens is 2. The minimum Gasteiger partial charge on any atom is -0.384 e. The van der Waals surface area contributed by atoms with E-state index in [9.17, 15) is 5.11 Å². The molecule has 1 N–H and O–H groups in total. The van der Waals surface area contributed by atoms with Crippen LogP contribution in [0, 0.1) is 0 Å². The van der Waals surface area contributed by atoms with Crippen molar-refractivity contribution in [1.29, 1.82) is 0 Å².